The lowest BCUT2D eigenvalue weighted by atomic mass is 10.1. The molecule has 0 fully saturated rings. The van der Waals surface area contributed by atoms with Crippen LogP contribution in [-0.2, 0) is 16.1 Å². The van der Waals surface area contributed by atoms with E-state index >= 15 is 0 Å². The van der Waals surface area contributed by atoms with Gasteiger partial charge in [0.25, 0.3) is 0 Å². The number of nitrogens with one attached hydrogen (secondary N) is 1. The van der Waals surface area contributed by atoms with Gasteiger partial charge in [-0.05, 0) is 17.7 Å². The molecule has 0 aliphatic heterocycles. The highest BCUT2D eigenvalue weighted by Crippen LogP contribution is 2.29. The summed E-state index contributed by atoms with van der Waals surface area (Å²) in [7, 11) is 2.90. The minimum atomic E-state index is -1.32. The summed E-state index contributed by atoms with van der Waals surface area (Å²) < 4.78 is 15.3. The summed E-state index contributed by atoms with van der Waals surface area (Å²) >= 11 is 0. The minimum absolute atomic E-state index is 0.0404. The number of aliphatic carboxylic acids is 1. The molecule has 7 nitrogen and oxygen atoms in total. The molecule has 1 unspecified atom stereocenters. The largest absolute Gasteiger partial charge is 0.497 e. The molecule has 0 heterocycles. The average Bonchev–Trinajstić information content (AvgIpc) is 2.64. The second kappa shape index (κ2) is 8.58. The van der Waals surface area contributed by atoms with Gasteiger partial charge in [-0.25, -0.2) is 9.59 Å². The predicted octanol–water partition coefficient (Wildman–Crippen LogP) is 2.76. The number of carbonyl (C=O) groups is 2. The van der Waals surface area contributed by atoms with Crippen LogP contribution in [0.1, 0.15) is 17.2 Å². The number of carboxylic acid groups (broad SMARTS) is 1. The number of hydrogen-bond acceptors (Lipinski definition) is 5. The molecule has 0 aliphatic carbocycles. The van der Waals surface area contributed by atoms with Crippen LogP contribution in [0.25, 0.3) is 0 Å². The second-order valence-corrected chi connectivity index (χ2v) is 5.09. The van der Waals surface area contributed by atoms with E-state index in [9.17, 15) is 14.7 Å². The van der Waals surface area contributed by atoms with Crippen LogP contribution < -0.4 is 14.8 Å². The zero-order valence-corrected chi connectivity index (χ0v) is 13.9. The lowest BCUT2D eigenvalue weighted by Crippen LogP contribution is -2.34. The SMILES string of the molecule is COc1ccc(C(NC(=O)OCc2ccccc2)C(=O)O)c(OC)c1. The average molecular weight is 345 g/mol. The highest BCUT2D eigenvalue weighted by molar-refractivity contribution is 5.82. The number of hydrogen-bond donors (Lipinski definition) is 2. The summed E-state index contributed by atoms with van der Waals surface area (Å²) in [6.07, 6.45) is -0.839. The second-order valence-electron chi connectivity index (χ2n) is 5.09. The molecule has 7 heteroatoms. The fourth-order valence-electron chi connectivity index (χ4n) is 2.21. The van der Waals surface area contributed by atoms with Crippen molar-refractivity contribution in [3.05, 3.63) is 59.7 Å². The van der Waals surface area contributed by atoms with E-state index in [1.54, 1.807) is 24.3 Å². The molecule has 0 aromatic heterocycles. The highest BCUT2D eigenvalue weighted by Gasteiger charge is 2.26. The Bertz CT molecular complexity index is 732. The van der Waals surface area contributed by atoms with E-state index in [0.717, 1.165) is 5.56 Å². The van der Waals surface area contributed by atoms with Crippen LogP contribution >= 0.6 is 0 Å². The number of benzene rings is 2. The van der Waals surface area contributed by atoms with Crippen LogP contribution in [-0.4, -0.2) is 31.4 Å². The lowest BCUT2D eigenvalue weighted by molar-refractivity contribution is -0.139. The molecule has 1 amide bonds. The van der Waals surface area contributed by atoms with Gasteiger partial charge in [-0.15, -0.1) is 0 Å². The molecule has 2 rings (SSSR count). The first kappa shape index (κ1) is 18.1. The molecule has 0 saturated heterocycles. The van der Waals surface area contributed by atoms with E-state index in [0.29, 0.717) is 5.75 Å². The Morgan fingerprint density at radius 2 is 1.80 bits per heavy atom. The molecular weight excluding hydrogens is 326 g/mol. The van der Waals surface area contributed by atoms with Crippen molar-refractivity contribution in [3.63, 3.8) is 0 Å². The molecule has 0 spiro atoms. The predicted molar refractivity (Wildman–Crippen MR) is 89.7 cm³/mol. The van der Waals surface area contributed by atoms with Crippen LogP contribution in [0.5, 0.6) is 11.5 Å². The summed E-state index contributed by atoms with van der Waals surface area (Å²) in [5, 5.41) is 11.8. The summed E-state index contributed by atoms with van der Waals surface area (Å²) in [4.78, 5) is 23.5. The standard InChI is InChI=1S/C18H19NO6/c1-23-13-8-9-14(15(10-13)24-2)16(17(20)21)19-18(22)25-11-12-6-4-3-5-7-12/h3-10,16H,11H2,1-2H3,(H,19,22)(H,20,21). The maximum absolute atomic E-state index is 12.0. The molecule has 2 aromatic rings. The molecule has 0 bridgehead atoms. The van der Waals surface area contributed by atoms with Crippen molar-refractivity contribution in [2.45, 2.75) is 12.6 Å². The van der Waals surface area contributed by atoms with Gasteiger partial charge in [0.15, 0.2) is 6.04 Å². The summed E-state index contributed by atoms with van der Waals surface area (Å²) in [5.41, 5.74) is 1.08. The maximum atomic E-state index is 12.0. The molecular formula is C18H19NO6. The Kier molecular flexibility index (Phi) is 6.22. The fraction of sp³-hybridized carbons (Fsp3) is 0.222. The van der Waals surface area contributed by atoms with Gasteiger partial charge in [-0.2, -0.15) is 0 Å². The highest BCUT2D eigenvalue weighted by atomic mass is 16.5. The monoisotopic (exact) mass is 345 g/mol. The Hall–Kier alpha value is -3.22. The third kappa shape index (κ3) is 4.87. The van der Waals surface area contributed by atoms with Crippen molar-refractivity contribution in [1.29, 1.82) is 0 Å². The van der Waals surface area contributed by atoms with E-state index in [-0.39, 0.29) is 17.9 Å². The van der Waals surface area contributed by atoms with Crippen molar-refractivity contribution in [3.8, 4) is 11.5 Å². The number of carboxylic acids is 1. The van der Waals surface area contributed by atoms with Crippen LogP contribution in [0, 0.1) is 0 Å². The first-order valence-corrected chi connectivity index (χ1v) is 7.47. The van der Waals surface area contributed by atoms with Gasteiger partial charge in [0.1, 0.15) is 18.1 Å². The molecule has 0 radical (unpaired) electrons. The summed E-state index contributed by atoms with van der Waals surface area (Å²) in [6.45, 7) is 0.0404. The smallest absolute Gasteiger partial charge is 0.408 e. The fourth-order valence-corrected chi connectivity index (χ4v) is 2.21. The molecule has 2 aromatic carbocycles. The third-order valence-electron chi connectivity index (χ3n) is 3.47. The number of alkyl carbamates (subject to hydrolysis) is 1. The van der Waals surface area contributed by atoms with Gasteiger partial charge in [-0.3, -0.25) is 0 Å². The zero-order valence-electron chi connectivity index (χ0n) is 13.9. The molecule has 25 heavy (non-hydrogen) atoms. The van der Waals surface area contributed by atoms with Crippen molar-refractivity contribution < 1.29 is 28.9 Å². The summed E-state index contributed by atoms with van der Waals surface area (Å²) in [5.74, 6) is -0.438. The van der Waals surface area contributed by atoms with Crippen LogP contribution in [0.4, 0.5) is 4.79 Å². The third-order valence-corrected chi connectivity index (χ3v) is 3.47. The van der Waals surface area contributed by atoms with Crippen molar-refractivity contribution in [2.75, 3.05) is 14.2 Å². The number of rotatable bonds is 7. The number of amides is 1. The van der Waals surface area contributed by atoms with Crippen LogP contribution in [0.2, 0.25) is 0 Å². The van der Waals surface area contributed by atoms with Crippen LogP contribution in [0.3, 0.4) is 0 Å². The minimum Gasteiger partial charge on any atom is -0.497 e. The van der Waals surface area contributed by atoms with Gasteiger partial charge in [0.05, 0.1) is 14.2 Å². The number of carbonyl (C=O) groups excluding carboxylic acids is 1. The normalized spacial score (nSPS) is 11.3. The van der Waals surface area contributed by atoms with Crippen molar-refractivity contribution >= 4 is 12.1 Å². The number of ether oxygens (including phenoxy) is 3. The molecule has 132 valence electrons. The van der Waals surface area contributed by atoms with Crippen molar-refractivity contribution in [2.24, 2.45) is 0 Å². The first-order valence-electron chi connectivity index (χ1n) is 7.47. The van der Waals surface area contributed by atoms with Crippen molar-refractivity contribution in [1.82, 2.24) is 5.32 Å². The van der Waals surface area contributed by atoms with Gasteiger partial charge in [-0.1, -0.05) is 30.3 Å². The van der Waals surface area contributed by atoms with E-state index in [1.807, 2.05) is 18.2 Å². The summed E-state index contributed by atoms with van der Waals surface area (Å²) in [6, 6.07) is 12.4. The first-order chi connectivity index (χ1) is 12.0. The Balaban J connectivity index is 2.10. The Labute approximate surface area is 145 Å². The van der Waals surface area contributed by atoms with Gasteiger partial charge < -0.3 is 24.6 Å². The molecule has 2 N–H and O–H groups in total. The topological polar surface area (TPSA) is 94.1 Å². The van der Waals surface area contributed by atoms with E-state index in [2.05, 4.69) is 5.32 Å². The van der Waals surface area contributed by atoms with Crippen LogP contribution in [0.15, 0.2) is 48.5 Å². The molecule has 0 saturated carbocycles. The Morgan fingerprint density at radius 3 is 2.40 bits per heavy atom. The Morgan fingerprint density at radius 1 is 1.08 bits per heavy atom. The van der Waals surface area contributed by atoms with E-state index in [1.165, 1.54) is 20.3 Å². The van der Waals surface area contributed by atoms with E-state index in [4.69, 9.17) is 14.2 Å². The van der Waals surface area contributed by atoms with Gasteiger partial charge >= 0.3 is 12.1 Å². The van der Waals surface area contributed by atoms with Gasteiger partial charge in [0.2, 0.25) is 0 Å². The van der Waals surface area contributed by atoms with Gasteiger partial charge in [0, 0.05) is 11.6 Å². The number of methoxy groups -OCH3 is 2. The lowest BCUT2D eigenvalue weighted by Gasteiger charge is -2.18. The zero-order chi connectivity index (χ0) is 18.2. The quantitative estimate of drug-likeness (QED) is 0.801. The molecule has 0 aliphatic rings. The maximum Gasteiger partial charge on any atom is 0.408 e. The van der Waals surface area contributed by atoms with E-state index < -0.39 is 18.1 Å². The molecule has 1 atom stereocenters.